The Morgan fingerprint density at radius 2 is 1.85 bits per heavy atom. The van der Waals surface area contributed by atoms with Crippen molar-refractivity contribution in [2.75, 3.05) is 0 Å². The van der Waals surface area contributed by atoms with E-state index >= 15 is 0 Å². The highest BCUT2D eigenvalue weighted by Gasteiger charge is 1.98. The zero-order valence-corrected chi connectivity index (χ0v) is 8.83. The van der Waals surface area contributed by atoms with E-state index in [4.69, 9.17) is 23.2 Å². The minimum absolute atomic E-state index is 0. The van der Waals surface area contributed by atoms with Gasteiger partial charge >= 0.3 is 0 Å². The molecule has 4 heteroatoms. The van der Waals surface area contributed by atoms with E-state index in [9.17, 15) is 0 Å². The Hall–Kier alpha value is -0.500. The van der Waals surface area contributed by atoms with Crippen LogP contribution in [0.3, 0.4) is 0 Å². The average Bonchev–Trinajstić information content (AvgIpc) is 2.04. The summed E-state index contributed by atoms with van der Waals surface area (Å²) in [5, 5.41) is 2.32. The summed E-state index contributed by atoms with van der Waals surface area (Å²) in [6.07, 6.45) is 1.67. The van der Waals surface area contributed by atoms with Crippen molar-refractivity contribution in [1.29, 1.82) is 0 Å². The van der Waals surface area contributed by atoms with E-state index in [0.29, 0.717) is 10.0 Å². The highest BCUT2D eigenvalue weighted by molar-refractivity contribution is 6.36. The number of hydrogen-bond acceptors (Lipinski definition) is 1. The van der Waals surface area contributed by atoms with Crippen LogP contribution in [-0.2, 0) is 0 Å². The molecule has 0 aliphatic heterocycles. The fraction of sp³-hybridized carbons (Fsp3) is 0. The highest BCUT2D eigenvalue weighted by Crippen LogP contribution is 2.23. The third-order valence-electron chi connectivity index (χ3n) is 1.65. The van der Waals surface area contributed by atoms with Gasteiger partial charge in [0.25, 0.3) is 0 Å². The number of fused-ring (bicyclic) bond motifs is 1. The molecule has 0 saturated heterocycles. The van der Waals surface area contributed by atoms with Gasteiger partial charge in [-0.1, -0.05) is 23.2 Å². The maximum atomic E-state index is 5.93. The van der Waals surface area contributed by atoms with E-state index in [1.165, 1.54) is 0 Å². The molecule has 0 aliphatic carbocycles. The standard InChI is InChI=1S/C9H5Cl2N.ClH/c10-6-1-2-7-8(11)3-4-12-9(7)5-6;/h1-5H;1H. The topological polar surface area (TPSA) is 12.9 Å². The summed E-state index contributed by atoms with van der Waals surface area (Å²) in [4.78, 5) is 4.13. The Labute approximate surface area is 92.1 Å². The largest absolute Gasteiger partial charge is 0.256 e. The first-order valence-electron chi connectivity index (χ1n) is 3.47. The molecule has 0 unspecified atom stereocenters. The Morgan fingerprint density at radius 3 is 2.62 bits per heavy atom. The average molecular weight is 235 g/mol. The predicted molar refractivity (Wildman–Crippen MR) is 59.0 cm³/mol. The lowest BCUT2D eigenvalue weighted by Crippen LogP contribution is -1.78. The van der Waals surface area contributed by atoms with E-state index in [1.807, 2.05) is 6.07 Å². The summed E-state index contributed by atoms with van der Waals surface area (Å²) in [5.41, 5.74) is 0.829. The van der Waals surface area contributed by atoms with E-state index in [1.54, 1.807) is 24.4 Å². The minimum Gasteiger partial charge on any atom is -0.256 e. The molecule has 0 bridgehead atoms. The summed E-state index contributed by atoms with van der Waals surface area (Å²) >= 11 is 11.7. The molecule has 1 nitrogen and oxygen atoms in total. The van der Waals surface area contributed by atoms with Crippen LogP contribution in [0, 0.1) is 0 Å². The molecule has 1 aromatic heterocycles. The predicted octanol–water partition coefficient (Wildman–Crippen LogP) is 3.96. The zero-order valence-electron chi connectivity index (χ0n) is 6.50. The van der Waals surface area contributed by atoms with Gasteiger partial charge in [0, 0.05) is 16.6 Å². The first kappa shape index (κ1) is 10.6. The van der Waals surface area contributed by atoms with Crippen LogP contribution in [0.15, 0.2) is 30.5 Å². The van der Waals surface area contributed by atoms with Crippen molar-refractivity contribution in [3.8, 4) is 0 Å². The van der Waals surface area contributed by atoms with Crippen LogP contribution in [-0.4, -0.2) is 4.98 Å². The smallest absolute Gasteiger partial charge is 0.0731 e. The van der Waals surface area contributed by atoms with Crippen molar-refractivity contribution in [3.05, 3.63) is 40.5 Å². The van der Waals surface area contributed by atoms with E-state index in [0.717, 1.165) is 10.9 Å². The monoisotopic (exact) mass is 233 g/mol. The number of pyridine rings is 1. The Kier molecular flexibility index (Phi) is 3.37. The van der Waals surface area contributed by atoms with E-state index in [2.05, 4.69) is 4.98 Å². The van der Waals surface area contributed by atoms with Crippen molar-refractivity contribution < 1.29 is 0 Å². The van der Waals surface area contributed by atoms with Crippen molar-refractivity contribution in [3.63, 3.8) is 0 Å². The molecule has 68 valence electrons. The number of nitrogens with zero attached hydrogens (tertiary/aromatic N) is 1. The molecule has 0 N–H and O–H groups in total. The van der Waals surface area contributed by atoms with Gasteiger partial charge in [-0.3, -0.25) is 4.98 Å². The van der Waals surface area contributed by atoms with Crippen LogP contribution < -0.4 is 0 Å². The molecular formula is C9H6Cl3N. The van der Waals surface area contributed by atoms with Crippen molar-refractivity contribution >= 4 is 46.5 Å². The Balaban J connectivity index is 0.000000845. The number of benzene rings is 1. The van der Waals surface area contributed by atoms with Gasteiger partial charge < -0.3 is 0 Å². The summed E-state index contributed by atoms with van der Waals surface area (Å²) in [7, 11) is 0. The number of hydrogen-bond donors (Lipinski definition) is 0. The molecule has 0 atom stereocenters. The van der Waals surface area contributed by atoms with Crippen LogP contribution in [0.1, 0.15) is 0 Å². The van der Waals surface area contributed by atoms with Gasteiger partial charge in [-0.2, -0.15) is 0 Å². The van der Waals surface area contributed by atoms with Crippen molar-refractivity contribution in [2.24, 2.45) is 0 Å². The van der Waals surface area contributed by atoms with Gasteiger partial charge in [-0.15, -0.1) is 12.4 Å². The normalized spacial score (nSPS) is 9.69. The number of aromatic nitrogens is 1. The lowest BCUT2D eigenvalue weighted by Gasteiger charge is -1.98. The van der Waals surface area contributed by atoms with Gasteiger partial charge in [0.15, 0.2) is 0 Å². The molecule has 0 fully saturated rings. The van der Waals surface area contributed by atoms with Gasteiger partial charge in [-0.05, 0) is 24.3 Å². The molecule has 0 radical (unpaired) electrons. The second-order valence-corrected chi connectivity index (χ2v) is 3.30. The summed E-state index contributed by atoms with van der Waals surface area (Å²) in [6, 6.07) is 7.23. The fourth-order valence-electron chi connectivity index (χ4n) is 1.09. The molecule has 0 spiro atoms. The molecule has 2 aromatic rings. The molecule has 1 heterocycles. The number of halogens is 3. The maximum Gasteiger partial charge on any atom is 0.0731 e. The molecule has 0 saturated carbocycles. The van der Waals surface area contributed by atoms with Crippen LogP contribution in [0.4, 0.5) is 0 Å². The minimum atomic E-state index is 0. The van der Waals surface area contributed by atoms with Crippen LogP contribution in [0.2, 0.25) is 10.0 Å². The first-order chi connectivity index (χ1) is 5.77. The second kappa shape index (κ2) is 4.14. The molecule has 0 aliphatic rings. The Morgan fingerprint density at radius 1 is 1.08 bits per heavy atom. The summed E-state index contributed by atoms with van der Waals surface area (Å²) in [6.45, 7) is 0. The van der Waals surface area contributed by atoms with E-state index < -0.39 is 0 Å². The molecular weight excluding hydrogens is 228 g/mol. The molecule has 1 aromatic carbocycles. The lowest BCUT2D eigenvalue weighted by atomic mass is 10.2. The third kappa shape index (κ3) is 2.05. The van der Waals surface area contributed by atoms with Gasteiger partial charge in [0.05, 0.1) is 10.5 Å². The quantitative estimate of drug-likeness (QED) is 0.672. The summed E-state index contributed by atoms with van der Waals surface area (Å²) in [5.74, 6) is 0. The molecule has 0 amide bonds. The SMILES string of the molecule is Cl.Clc1ccc2c(Cl)ccnc2c1. The van der Waals surface area contributed by atoms with Gasteiger partial charge in [0.1, 0.15) is 0 Å². The number of rotatable bonds is 0. The van der Waals surface area contributed by atoms with Crippen molar-refractivity contribution in [2.45, 2.75) is 0 Å². The lowest BCUT2D eigenvalue weighted by molar-refractivity contribution is 1.41. The highest BCUT2D eigenvalue weighted by atomic mass is 35.5. The summed E-state index contributed by atoms with van der Waals surface area (Å²) < 4.78 is 0. The van der Waals surface area contributed by atoms with Gasteiger partial charge in [0.2, 0.25) is 0 Å². The Bertz CT molecular complexity index is 428. The fourth-order valence-corrected chi connectivity index (χ4v) is 1.47. The van der Waals surface area contributed by atoms with Gasteiger partial charge in [-0.25, -0.2) is 0 Å². The van der Waals surface area contributed by atoms with E-state index in [-0.39, 0.29) is 12.4 Å². The first-order valence-corrected chi connectivity index (χ1v) is 4.23. The third-order valence-corrected chi connectivity index (χ3v) is 2.22. The van der Waals surface area contributed by atoms with Crippen molar-refractivity contribution in [1.82, 2.24) is 4.98 Å². The second-order valence-electron chi connectivity index (χ2n) is 2.45. The van der Waals surface area contributed by atoms with Crippen LogP contribution >= 0.6 is 35.6 Å². The zero-order chi connectivity index (χ0) is 8.55. The van der Waals surface area contributed by atoms with Crippen LogP contribution in [0.25, 0.3) is 10.9 Å². The molecule has 13 heavy (non-hydrogen) atoms. The maximum absolute atomic E-state index is 5.93. The van der Waals surface area contributed by atoms with Crippen LogP contribution in [0.5, 0.6) is 0 Å². The molecule has 2 rings (SSSR count).